The first kappa shape index (κ1) is 16.5. The number of nitrogens with one attached hydrogen (secondary N) is 2. The lowest BCUT2D eigenvalue weighted by Crippen LogP contribution is -2.39. The molecule has 1 unspecified atom stereocenters. The van der Waals surface area contributed by atoms with Gasteiger partial charge in [-0.25, -0.2) is 9.78 Å². The summed E-state index contributed by atoms with van der Waals surface area (Å²) in [5, 5.41) is 17.8. The monoisotopic (exact) mass is 319 g/mol. The molecule has 2 aromatic rings. The molecule has 0 aliphatic carbocycles. The highest BCUT2D eigenvalue weighted by atomic mass is 32.1. The van der Waals surface area contributed by atoms with Crippen LogP contribution in [0.25, 0.3) is 10.6 Å². The minimum absolute atomic E-state index is 0.270. The fourth-order valence-electron chi connectivity index (χ4n) is 1.98. The van der Waals surface area contributed by atoms with Crippen LogP contribution in [0.5, 0.6) is 0 Å². The van der Waals surface area contributed by atoms with Gasteiger partial charge in [0, 0.05) is 17.5 Å². The maximum absolute atomic E-state index is 11.6. The second-order valence-corrected chi connectivity index (χ2v) is 5.87. The van der Waals surface area contributed by atoms with Crippen LogP contribution in [0.4, 0.5) is 4.79 Å². The third-order valence-electron chi connectivity index (χ3n) is 3.12. The number of carbonyl (C=O) groups is 1. The lowest BCUT2D eigenvalue weighted by Gasteiger charge is -2.11. The number of aromatic nitrogens is 1. The number of rotatable bonds is 7. The quantitative estimate of drug-likeness (QED) is 0.734. The van der Waals surface area contributed by atoms with Gasteiger partial charge in [-0.3, -0.25) is 0 Å². The van der Waals surface area contributed by atoms with Crippen LogP contribution in [0.1, 0.15) is 25.5 Å². The van der Waals surface area contributed by atoms with Crippen molar-refractivity contribution < 1.29 is 9.90 Å². The van der Waals surface area contributed by atoms with E-state index in [1.54, 1.807) is 11.3 Å². The Kier molecular flexibility index (Phi) is 6.36. The van der Waals surface area contributed by atoms with Gasteiger partial charge >= 0.3 is 6.03 Å². The molecule has 1 heterocycles. The molecule has 1 atom stereocenters. The van der Waals surface area contributed by atoms with Gasteiger partial charge in [-0.1, -0.05) is 43.7 Å². The number of urea groups is 1. The first-order valence-corrected chi connectivity index (χ1v) is 8.26. The number of benzene rings is 1. The molecular weight excluding hydrogens is 298 g/mol. The van der Waals surface area contributed by atoms with E-state index in [9.17, 15) is 9.90 Å². The summed E-state index contributed by atoms with van der Waals surface area (Å²) in [6.07, 6.45) is 1.10. The zero-order valence-corrected chi connectivity index (χ0v) is 13.4. The van der Waals surface area contributed by atoms with E-state index >= 15 is 0 Å². The maximum Gasteiger partial charge on any atom is 0.315 e. The number of aliphatic hydroxyl groups excluding tert-OH is 1. The Morgan fingerprint density at radius 3 is 2.82 bits per heavy atom. The molecule has 118 valence electrons. The van der Waals surface area contributed by atoms with Crippen LogP contribution >= 0.6 is 11.3 Å². The van der Waals surface area contributed by atoms with E-state index in [0.717, 1.165) is 22.7 Å². The van der Waals surface area contributed by atoms with E-state index in [1.165, 1.54) is 0 Å². The second-order valence-electron chi connectivity index (χ2n) is 5.02. The molecular formula is C16H21N3O2S. The number of aliphatic hydroxyl groups is 1. The maximum atomic E-state index is 11.6. The van der Waals surface area contributed by atoms with Crippen molar-refractivity contribution in [1.82, 2.24) is 15.6 Å². The Labute approximate surface area is 134 Å². The zero-order valence-electron chi connectivity index (χ0n) is 12.6. The first-order valence-electron chi connectivity index (χ1n) is 7.38. The summed E-state index contributed by atoms with van der Waals surface area (Å²) >= 11 is 1.56. The van der Waals surface area contributed by atoms with Gasteiger partial charge in [-0.05, 0) is 6.42 Å². The van der Waals surface area contributed by atoms with Crippen LogP contribution in [0.15, 0.2) is 35.7 Å². The van der Waals surface area contributed by atoms with Crippen molar-refractivity contribution in [2.75, 3.05) is 6.54 Å². The summed E-state index contributed by atoms with van der Waals surface area (Å²) in [7, 11) is 0. The van der Waals surface area contributed by atoms with Crippen molar-refractivity contribution in [2.45, 2.75) is 32.4 Å². The van der Waals surface area contributed by atoms with E-state index < -0.39 is 6.10 Å². The molecule has 0 bridgehead atoms. The van der Waals surface area contributed by atoms with Gasteiger partial charge < -0.3 is 15.7 Å². The van der Waals surface area contributed by atoms with Crippen molar-refractivity contribution >= 4 is 17.4 Å². The van der Waals surface area contributed by atoms with E-state index in [1.807, 2.05) is 42.6 Å². The number of thiazole rings is 1. The summed E-state index contributed by atoms with van der Waals surface area (Å²) in [4.78, 5) is 16.1. The molecule has 3 N–H and O–H groups in total. The highest BCUT2D eigenvalue weighted by molar-refractivity contribution is 7.13. The summed E-state index contributed by atoms with van der Waals surface area (Å²) in [5.41, 5.74) is 1.90. The molecule has 0 saturated carbocycles. The van der Waals surface area contributed by atoms with E-state index in [4.69, 9.17) is 0 Å². The summed E-state index contributed by atoms with van der Waals surface area (Å²) in [6, 6.07) is 9.66. The smallest absolute Gasteiger partial charge is 0.315 e. The van der Waals surface area contributed by atoms with Gasteiger partial charge in [0.2, 0.25) is 0 Å². The molecule has 2 rings (SSSR count). The molecule has 1 aromatic heterocycles. The van der Waals surface area contributed by atoms with Crippen LogP contribution in [-0.4, -0.2) is 28.8 Å². The first-order chi connectivity index (χ1) is 10.7. The molecule has 0 radical (unpaired) electrons. The number of carbonyl (C=O) groups excluding carboxylic acids is 1. The van der Waals surface area contributed by atoms with Gasteiger partial charge in [-0.15, -0.1) is 11.3 Å². The van der Waals surface area contributed by atoms with Gasteiger partial charge in [0.15, 0.2) is 0 Å². The van der Waals surface area contributed by atoms with Crippen molar-refractivity contribution in [1.29, 1.82) is 0 Å². The average molecular weight is 319 g/mol. The van der Waals surface area contributed by atoms with Crippen LogP contribution < -0.4 is 10.6 Å². The molecule has 6 heteroatoms. The molecule has 0 aliphatic rings. The fourth-order valence-corrected chi connectivity index (χ4v) is 2.81. The van der Waals surface area contributed by atoms with Gasteiger partial charge in [0.1, 0.15) is 5.01 Å². The number of nitrogens with zero attached hydrogens (tertiary/aromatic N) is 1. The van der Waals surface area contributed by atoms with Crippen LogP contribution in [0.3, 0.4) is 0 Å². The Morgan fingerprint density at radius 2 is 2.09 bits per heavy atom. The molecule has 0 fully saturated rings. The Hall–Kier alpha value is -1.92. The summed E-state index contributed by atoms with van der Waals surface area (Å²) < 4.78 is 0. The molecule has 5 nitrogen and oxygen atoms in total. The Balaban J connectivity index is 1.78. The summed E-state index contributed by atoms with van der Waals surface area (Å²) in [5.74, 6) is 0. The van der Waals surface area contributed by atoms with Crippen LogP contribution in [-0.2, 0) is 6.54 Å². The van der Waals surface area contributed by atoms with E-state index in [2.05, 4.69) is 15.6 Å². The zero-order chi connectivity index (χ0) is 15.8. The normalized spacial score (nSPS) is 11.9. The molecule has 0 aliphatic heterocycles. The molecule has 2 amide bonds. The Morgan fingerprint density at radius 1 is 1.32 bits per heavy atom. The van der Waals surface area contributed by atoms with Crippen molar-refractivity contribution in [3.05, 3.63) is 41.4 Å². The topological polar surface area (TPSA) is 74.2 Å². The minimum atomic E-state index is -0.486. The highest BCUT2D eigenvalue weighted by Gasteiger charge is 2.08. The fraction of sp³-hybridized carbons (Fsp3) is 0.375. The number of hydrogen-bond donors (Lipinski definition) is 3. The lowest BCUT2D eigenvalue weighted by atomic mass is 10.2. The largest absolute Gasteiger partial charge is 0.391 e. The minimum Gasteiger partial charge on any atom is -0.391 e. The third kappa shape index (κ3) is 5.13. The molecule has 22 heavy (non-hydrogen) atoms. The van der Waals surface area contributed by atoms with Crippen molar-refractivity contribution in [3.8, 4) is 10.6 Å². The van der Waals surface area contributed by atoms with Crippen molar-refractivity contribution in [3.63, 3.8) is 0 Å². The molecule has 0 spiro atoms. The third-order valence-corrected chi connectivity index (χ3v) is 4.06. The standard InChI is InChI=1S/C16H21N3O2S/c1-2-6-14(20)10-18-16(21)17-9-13-11-22-15(19-13)12-7-4-3-5-8-12/h3-5,7-8,11,14,20H,2,6,9-10H2,1H3,(H2,17,18,21). The average Bonchev–Trinajstić information content (AvgIpc) is 3.01. The predicted octanol–water partition coefficient (Wildman–Crippen LogP) is 2.77. The molecule has 0 saturated heterocycles. The van der Waals surface area contributed by atoms with Crippen LogP contribution in [0.2, 0.25) is 0 Å². The van der Waals surface area contributed by atoms with E-state index in [0.29, 0.717) is 13.0 Å². The predicted molar refractivity (Wildman–Crippen MR) is 88.7 cm³/mol. The lowest BCUT2D eigenvalue weighted by molar-refractivity contribution is 0.160. The highest BCUT2D eigenvalue weighted by Crippen LogP contribution is 2.22. The molecule has 1 aromatic carbocycles. The second kappa shape index (κ2) is 8.51. The van der Waals surface area contributed by atoms with E-state index in [-0.39, 0.29) is 12.6 Å². The summed E-state index contributed by atoms with van der Waals surface area (Å²) in [6.45, 7) is 2.64. The Bertz CT molecular complexity index is 586. The number of amides is 2. The van der Waals surface area contributed by atoms with Crippen LogP contribution in [0, 0.1) is 0 Å². The number of hydrogen-bond acceptors (Lipinski definition) is 4. The van der Waals surface area contributed by atoms with Gasteiger partial charge in [-0.2, -0.15) is 0 Å². The SMILES string of the molecule is CCCC(O)CNC(=O)NCc1csc(-c2ccccc2)n1. The van der Waals surface area contributed by atoms with Crippen molar-refractivity contribution in [2.24, 2.45) is 0 Å². The van der Waals surface area contributed by atoms with Gasteiger partial charge in [0.25, 0.3) is 0 Å². The van der Waals surface area contributed by atoms with Gasteiger partial charge in [0.05, 0.1) is 18.3 Å².